The van der Waals surface area contributed by atoms with Crippen molar-refractivity contribution in [1.29, 1.82) is 0 Å². The number of nitrogens with one attached hydrogen (secondary N) is 1. The summed E-state index contributed by atoms with van der Waals surface area (Å²) in [4.78, 5) is 8.24. The zero-order chi connectivity index (χ0) is 16.3. The maximum absolute atomic E-state index is 4.73. The van der Waals surface area contributed by atoms with Gasteiger partial charge in [-0.2, -0.15) is 0 Å². The first kappa shape index (κ1) is 17.1. The predicted octanol–water partition coefficient (Wildman–Crippen LogP) is 5.87. The molecule has 1 N–H and O–H groups in total. The highest BCUT2D eigenvalue weighted by Gasteiger charge is 2.25. The van der Waals surface area contributed by atoms with E-state index < -0.39 is 0 Å². The van der Waals surface area contributed by atoms with Crippen molar-refractivity contribution in [3.05, 3.63) is 29.6 Å². The minimum atomic E-state index is 0.196. The first-order chi connectivity index (χ1) is 10.4. The van der Waals surface area contributed by atoms with E-state index in [1.165, 1.54) is 30.3 Å². The number of aromatic amines is 1. The van der Waals surface area contributed by atoms with Crippen molar-refractivity contribution in [1.82, 2.24) is 9.97 Å². The third-order valence-electron chi connectivity index (χ3n) is 4.66. The van der Waals surface area contributed by atoms with Gasteiger partial charge in [-0.05, 0) is 54.2 Å². The predicted molar refractivity (Wildman–Crippen MR) is 96.4 cm³/mol. The maximum atomic E-state index is 4.73. The molecule has 0 atom stereocenters. The molecular weight excluding hydrogens is 268 g/mol. The number of fused-ring (bicyclic) bond motifs is 1. The van der Waals surface area contributed by atoms with Crippen LogP contribution in [0.4, 0.5) is 0 Å². The summed E-state index contributed by atoms with van der Waals surface area (Å²) < 4.78 is 0. The minimum absolute atomic E-state index is 0.196. The lowest BCUT2D eigenvalue weighted by Gasteiger charge is -2.32. The molecule has 1 aliphatic rings. The fraction of sp³-hybridized carbons (Fsp3) is 0.650. The Hall–Kier alpha value is -1.31. The topological polar surface area (TPSA) is 28.7 Å². The van der Waals surface area contributed by atoms with Crippen LogP contribution in [0.1, 0.15) is 72.2 Å². The zero-order valence-electron chi connectivity index (χ0n) is 15.2. The molecule has 3 rings (SSSR count). The molecule has 122 valence electrons. The van der Waals surface area contributed by atoms with Gasteiger partial charge in [0.15, 0.2) is 0 Å². The third kappa shape index (κ3) is 3.91. The quantitative estimate of drug-likeness (QED) is 0.755. The molecule has 0 unspecified atom stereocenters. The van der Waals surface area contributed by atoms with Crippen molar-refractivity contribution in [2.75, 3.05) is 0 Å². The lowest BCUT2D eigenvalue weighted by atomic mass is 9.74. The Balaban J connectivity index is 0.000000847. The molecule has 0 saturated heterocycles. The highest BCUT2D eigenvalue weighted by Crippen LogP contribution is 2.36. The Morgan fingerprint density at radius 1 is 1.18 bits per heavy atom. The Labute approximate surface area is 135 Å². The van der Waals surface area contributed by atoms with Crippen LogP contribution in [0, 0.1) is 11.8 Å². The van der Waals surface area contributed by atoms with E-state index in [2.05, 4.69) is 50.9 Å². The van der Waals surface area contributed by atoms with Gasteiger partial charge in [0.2, 0.25) is 0 Å². The van der Waals surface area contributed by atoms with Crippen molar-refractivity contribution in [3.8, 4) is 0 Å². The fourth-order valence-electron chi connectivity index (χ4n) is 3.29. The molecule has 0 spiro atoms. The second-order valence-corrected chi connectivity index (χ2v) is 7.65. The Bertz CT molecular complexity index is 598. The van der Waals surface area contributed by atoms with Crippen LogP contribution in [0.25, 0.3) is 11.0 Å². The van der Waals surface area contributed by atoms with E-state index in [0.717, 1.165) is 29.6 Å². The summed E-state index contributed by atoms with van der Waals surface area (Å²) >= 11 is 0. The van der Waals surface area contributed by atoms with Crippen molar-refractivity contribution in [3.63, 3.8) is 0 Å². The molecule has 0 bridgehead atoms. The summed E-state index contributed by atoms with van der Waals surface area (Å²) in [5.41, 5.74) is 3.86. The van der Waals surface area contributed by atoms with Crippen LogP contribution in [0.2, 0.25) is 0 Å². The minimum Gasteiger partial charge on any atom is -0.342 e. The van der Waals surface area contributed by atoms with Crippen LogP contribution in [-0.2, 0) is 11.8 Å². The van der Waals surface area contributed by atoms with Gasteiger partial charge in [-0.15, -0.1) is 0 Å². The van der Waals surface area contributed by atoms with E-state index in [-0.39, 0.29) is 5.41 Å². The molecule has 1 aromatic heterocycles. The van der Waals surface area contributed by atoms with Crippen molar-refractivity contribution < 1.29 is 0 Å². The number of hydrogen-bond donors (Lipinski definition) is 1. The summed E-state index contributed by atoms with van der Waals surface area (Å²) in [6.07, 6.45) is 5.20. The molecule has 0 radical (unpaired) electrons. The lowest BCUT2D eigenvalue weighted by Crippen LogP contribution is -2.21. The van der Waals surface area contributed by atoms with Gasteiger partial charge >= 0.3 is 0 Å². The molecule has 2 aromatic rings. The molecule has 1 fully saturated rings. The molecule has 1 aromatic carbocycles. The van der Waals surface area contributed by atoms with Crippen LogP contribution in [0.5, 0.6) is 0 Å². The average molecular weight is 300 g/mol. The van der Waals surface area contributed by atoms with Crippen LogP contribution < -0.4 is 0 Å². The van der Waals surface area contributed by atoms with E-state index in [4.69, 9.17) is 4.98 Å². The number of imidazole rings is 1. The molecule has 0 amide bonds. The Morgan fingerprint density at radius 3 is 2.45 bits per heavy atom. The largest absolute Gasteiger partial charge is 0.342 e. The molecule has 1 saturated carbocycles. The number of H-pyrrole nitrogens is 1. The fourth-order valence-corrected chi connectivity index (χ4v) is 3.29. The lowest BCUT2D eigenvalue weighted by molar-refractivity contribution is 0.199. The first-order valence-corrected chi connectivity index (χ1v) is 8.91. The van der Waals surface area contributed by atoms with Gasteiger partial charge in [0.05, 0.1) is 11.0 Å². The number of rotatable bonds is 3. The van der Waals surface area contributed by atoms with Gasteiger partial charge in [0, 0.05) is 6.42 Å². The Kier molecular flexibility index (Phi) is 5.31. The maximum Gasteiger partial charge on any atom is 0.107 e. The van der Waals surface area contributed by atoms with E-state index in [9.17, 15) is 0 Å². The smallest absolute Gasteiger partial charge is 0.107 e. The highest BCUT2D eigenvalue weighted by molar-refractivity contribution is 5.76. The van der Waals surface area contributed by atoms with Crippen LogP contribution in [0.3, 0.4) is 0 Å². The van der Waals surface area contributed by atoms with Gasteiger partial charge in [-0.25, -0.2) is 4.98 Å². The van der Waals surface area contributed by atoms with Crippen LogP contribution in [0.15, 0.2) is 18.2 Å². The molecule has 1 heterocycles. The van der Waals surface area contributed by atoms with Gasteiger partial charge in [-0.3, -0.25) is 0 Å². The van der Waals surface area contributed by atoms with Crippen LogP contribution >= 0.6 is 0 Å². The molecule has 2 nitrogen and oxygen atoms in total. The van der Waals surface area contributed by atoms with Gasteiger partial charge < -0.3 is 4.98 Å². The zero-order valence-corrected chi connectivity index (χ0v) is 15.2. The molecule has 2 heteroatoms. The molecular formula is C20H32N2. The van der Waals surface area contributed by atoms with Crippen molar-refractivity contribution in [2.24, 2.45) is 11.8 Å². The number of aryl methyl sites for hydroxylation is 1. The number of hydrogen-bond acceptors (Lipinski definition) is 1. The standard InChI is InChI=1S/C18H26N2.C2H6/c1-12-9-13(10-12)5-8-17-19-15-7-6-14(18(2,3)4)11-16(15)20-17;1-2/h6-7,11-13H,5,8-10H2,1-4H3,(H,19,20);1-2H3. The van der Waals surface area contributed by atoms with Gasteiger partial charge in [-0.1, -0.05) is 47.6 Å². The highest BCUT2D eigenvalue weighted by atomic mass is 14.9. The summed E-state index contributed by atoms with van der Waals surface area (Å²) in [5, 5.41) is 0. The summed E-state index contributed by atoms with van der Waals surface area (Å²) in [6.45, 7) is 13.1. The second-order valence-electron chi connectivity index (χ2n) is 7.65. The van der Waals surface area contributed by atoms with Gasteiger partial charge in [0.25, 0.3) is 0 Å². The number of nitrogens with zero attached hydrogens (tertiary/aromatic N) is 1. The van der Waals surface area contributed by atoms with E-state index in [0.29, 0.717) is 0 Å². The number of benzene rings is 1. The van der Waals surface area contributed by atoms with Crippen molar-refractivity contribution >= 4 is 11.0 Å². The van der Waals surface area contributed by atoms with E-state index >= 15 is 0 Å². The third-order valence-corrected chi connectivity index (χ3v) is 4.66. The summed E-state index contributed by atoms with van der Waals surface area (Å²) in [5.74, 6) is 3.04. The second kappa shape index (κ2) is 6.85. The molecule has 1 aliphatic carbocycles. The average Bonchev–Trinajstić information content (AvgIpc) is 2.85. The summed E-state index contributed by atoms with van der Waals surface area (Å²) in [6, 6.07) is 6.62. The number of aromatic nitrogens is 2. The van der Waals surface area contributed by atoms with E-state index in [1.54, 1.807) is 0 Å². The SMILES string of the molecule is CC.CC1CC(CCc2nc3ccc(C(C)(C)C)cc3[nH]2)C1. The van der Waals surface area contributed by atoms with E-state index in [1.807, 2.05) is 13.8 Å². The van der Waals surface area contributed by atoms with Crippen LogP contribution in [-0.4, -0.2) is 9.97 Å². The molecule has 0 aliphatic heterocycles. The first-order valence-electron chi connectivity index (χ1n) is 8.91. The van der Waals surface area contributed by atoms with Gasteiger partial charge in [0.1, 0.15) is 5.82 Å². The molecule has 22 heavy (non-hydrogen) atoms. The Morgan fingerprint density at radius 2 is 1.86 bits per heavy atom. The summed E-state index contributed by atoms with van der Waals surface area (Å²) in [7, 11) is 0. The van der Waals surface area contributed by atoms with Crippen molar-refractivity contribution in [2.45, 2.75) is 72.6 Å². The normalized spacial score (nSPS) is 21.2. The monoisotopic (exact) mass is 300 g/mol.